The quantitative estimate of drug-likeness (QED) is 0.655. The Morgan fingerprint density at radius 2 is 2.35 bits per heavy atom. The predicted molar refractivity (Wildman–Crippen MR) is 70.8 cm³/mol. The van der Waals surface area contributed by atoms with Crippen molar-refractivity contribution in [1.29, 1.82) is 5.26 Å². The molecule has 0 aliphatic heterocycles. The SMILES string of the molecule is CCn1cnnc1CNc1ccc(C#N)c([N+](=O)[O-])c1. The van der Waals surface area contributed by atoms with Crippen LogP contribution in [0.15, 0.2) is 24.5 Å². The molecule has 0 atom stereocenters. The molecule has 1 aromatic carbocycles. The predicted octanol–water partition coefficient (Wildman–Crippen LogP) is 1.69. The number of nitrogens with zero attached hydrogens (tertiary/aromatic N) is 5. The number of anilines is 1. The van der Waals surface area contributed by atoms with Crippen molar-refractivity contribution < 1.29 is 4.92 Å². The third-order valence-electron chi connectivity index (χ3n) is 2.80. The van der Waals surface area contributed by atoms with Crippen LogP contribution in [0.1, 0.15) is 18.3 Å². The first-order chi connectivity index (χ1) is 9.65. The normalized spacial score (nSPS) is 10.0. The minimum Gasteiger partial charge on any atom is -0.378 e. The number of aryl methyl sites for hydroxylation is 1. The van der Waals surface area contributed by atoms with E-state index in [-0.39, 0.29) is 11.3 Å². The Morgan fingerprint density at radius 1 is 1.55 bits per heavy atom. The molecule has 0 saturated heterocycles. The van der Waals surface area contributed by atoms with E-state index in [9.17, 15) is 10.1 Å². The molecule has 0 amide bonds. The Morgan fingerprint density at radius 3 is 3.00 bits per heavy atom. The summed E-state index contributed by atoms with van der Waals surface area (Å²) in [6.07, 6.45) is 1.62. The van der Waals surface area contributed by atoms with E-state index in [4.69, 9.17) is 5.26 Å². The third kappa shape index (κ3) is 2.72. The number of hydrogen-bond acceptors (Lipinski definition) is 6. The Hall–Kier alpha value is -2.95. The lowest BCUT2D eigenvalue weighted by molar-refractivity contribution is -0.385. The van der Waals surface area contributed by atoms with Crippen molar-refractivity contribution in [3.05, 3.63) is 46.0 Å². The van der Waals surface area contributed by atoms with Crippen LogP contribution < -0.4 is 5.32 Å². The fourth-order valence-corrected chi connectivity index (χ4v) is 1.75. The molecule has 0 fully saturated rings. The molecular weight excluding hydrogens is 260 g/mol. The highest BCUT2D eigenvalue weighted by Gasteiger charge is 2.14. The molecule has 0 aliphatic carbocycles. The Bertz CT molecular complexity index is 673. The maximum absolute atomic E-state index is 10.9. The summed E-state index contributed by atoms with van der Waals surface area (Å²) in [5.41, 5.74) is 0.382. The summed E-state index contributed by atoms with van der Waals surface area (Å²) >= 11 is 0. The van der Waals surface area contributed by atoms with Gasteiger partial charge in [-0.15, -0.1) is 10.2 Å². The van der Waals surface area contributed by atoms with E-state index >= 15 is 0 Å². The first-order valence-electron chi connectivity index (χ1n) is 5.94. The van der Waals surface area contributed by atoms with Crippen LogP contribution in [0.2, 0.25) is 0 Å². The van der Waals surface area contributed by atoms with Crippen molar-refractivity contribution >= 4 is 11.4 Å². The topological polar surface area (TPSA) is 110 Å². The van der Waals surface area contributed by atoms with E-state index in [1.54, 1.807) is 18.5 Å². The maximum Gasteiger partial charge on any atom is 0.289 e. The van der Waals surface area contributed by atoms with Crippen LogP contribution >= 0.6 is 0 Å². The van der Waals surface area contributed by atoms with Crippen molar-refractivity contribution in [3.8, 4) is 6.07 Å². The molecule has 0 radical (unpaired) electrons. The highest BCUT2D eigenvalue weighted by molar-refractivity contribution is 5.59. The number of benzene rings is 1. The van der Waals surface area contributed by atoms with E-state index in [1.807, 2.05) is 11.5 Å². The Kier molecular flexibility index (Phi) is 3.91. The summed E-state index contributed by atoms with van der Waals surface area (Å²) in [4.78, 5) is 10.3. The van der Waals surface area contributed by atoms with Gasteiger partial charge in [0.1, 0.15) is 18.0 Å². The summed E-state index contributed by atoms with van der Waals surface area (Å²) in [5.74, 6) is 0.736. The molecule has 0 bridgehead atoms. The van der Waals surface area contributed by atoms with Crippen molar-refractivity contribution in [2.24, 2.45) is 0 Å². The van der Waals surface area contributed by atoms with Gasteiger partial charge in [0.15, 0.2) is 5.82 Å². The number of aromatic nitrogens is 3. The van der Waals surface area contributed by atoms with Gasteiger partial charge in [-0.1, -0.05) is 0 Å². The lowest BCUT2D eigenvalue weighted by atomic mass is 10.2. The molecule has 102 valence electrons. The molecule has 0 saturated carbocycles. The highest BCUT2D eigenvalue weighted by atomic mass is 16.6. The number of nitriles is 1. The van der Waals surface area contributed by atoms with Gasteiger partial charge in [-0.3, -0.25) is 10.1 Å². The van der Waals surface area contributed by atoms with Crippen molar-refractivity contribution in [2.45, 2.75) is 20.0 Å². The van der Waals surface area contributed by atoms with Crippen molar-refractivity contribution in [1.82, 2.24) is 14.8 Å². The van der Waals surface area contributed by atoms with E-state index in [0.29, 0.717) is 12.2 Å². The van der Waals surface area contributed by atoms with Crippen molar-refractivity contribution in [3.63, 3.8) is 0 Å². The second-order valence-electron chi connectivity index (χ2n) is 3.99. The molecular formula is C12H12N6O2. The van der Waals surface area contributed by atoms with Crippen LogP contribution in [-0.4, -0.2) is 19.7 Å². The van der Waals surface area contributed by atoms with Gasteiger partial charge in [0.2, 0.25) is 0 Å². The van der Waals surface area contributed by atoms with Crippen LogP contribution in [0.3, 0.4) is 0 Å². The third-order valence-corrected chi connectivity index (χ3v) is 2.80. The van der Waals surface area contributed by atoms with Crippen LogP contribution in [0.5, 0.6) is 0 Å². The zero-order valence-corrected chi connectivity index (χ0v) is 10.8. The standard InChI is InChI=1S/C12H12N6O2/c1-2-17-8-15-16-12(17)7-14-10-4-3-9(6-13)11(5-10)18(19)20/h3-5,8,14H,2,7H2,1H3. The van der Waals surface area contributed by atoms with Gasteiger partial charge in [-0.05, 0) is 19.1 Å². The average molecular weight is 272 g/mol. The van der Waals surface area contributed by atoms with Gasteiger partial charge in [0, 0.05) is 18.3 Å². The number of rotatable bonds is 5. The summed E-state index contributed by atoms with van der Waals surface area (Å²) in [5, 5.41) is 30.5. The Balaban J connectivity index is 2.17. The lowest BCUT2D eigenvalue weighted by Gasteiger charge is -2.07. The number of nitro benzene ring substituents is 1. The van der Waals surface area contributed by atoms with Crippen LogP contribution in [-0.2, 0) is 13.1 Å². The van der Waals surface area contributed by atoms with E-state index in [2.05, 4.69) is 15.5 Å². The summed E-state index contributed by atoms with van der Waals surface area (Å²) in [6.45, 7) is 3.12. The van der Waals surface area contributed by atoms with Crippen LogP contribution in [0, 0.1) is 21.4 Å². The van der Waals surface area contributed by atoms with Crippen molar-refractivity contribution in [2.75, 3.05) is 5.32 Å². The van der Waals surface area contributed by atoms with Gasteiger partial charge in [-0.25, -0.2) is 0 Å². The number of hydrogen-bond donors (Lipinski definition) is 1. The Labute approximate surface area is 114 Å². The van der Waals surface area contributed by atoms with Gasteiger partial charge >= 0.3 is 0 Å². The van der Waals surface area contributed by atoms with Crippen LogP contribution in [0.25, 0.3) is 0 Å². The van der Waals surface area contributed by atoms with Gasteiger partial charge in [0.25, 0.3) is 5.69 Å². The molecule has 1 aromatic heterocycles. The molecule has 1 N–H and O–H groups in total. The second kappa shape index (κ2) is 5.79. The zero-order chi connectivity index (χ0) is 14.5. The minimum absolute atomic E-state index is 0.0391. The van der Waals surface area contributed by atoms with Gasteiger partial charge < -0.3 is 9.88 Å². The van der Waals surface area contributed by atoms with Gasteiger partial charge in [0.05, 0.1) is 11.5 Å². The molecule has 0 aliphatic rings. The summed E-state index contributed by atoms with van der Waals surface area (Å²) in [7, 11) is 0. The fourth-order valence-electron chi connectivity index (χ4n) is 1.75. The smallest absolute Gasteiger partial charge is 0.289 e. The number of nitro groups is 1. The highest BCUT2D eigenvalue weighted by Crippen LogP contribution is 2.22. The molecule has 2 aromatic rings. The molecule has 0 spiro atoms. The summed E-state index contributed by atoms with van der Waals surface area (Å²) in [6, 6.07) is 6.18. The molecule has 8 heteroatoms. The average Bonchev–Trinajstić information content (AvgIpc) is 2.92. The minimum atomic E-state index is -0.571. The van der Waals surface area contributed by atoms with E-state index < -0.39 is 4.92 Å². The number of nitrogens with one attached hydrogen (secondary N) is 1. The fraction of sp³-hybridized carbons (Fsp3) is 0.250. The molecule has 20 heavy (non-hydrogen) atoms. The van der Waals surface area contributed by atoms with E-state index in [0.717, 1.165) is 12.4 Å². The lowest BCUT2D eigenvalue weighted by Crippen LogP contribution is -2.07. The zero-order valence-electron chi connectivity index (χ0n) is 10.8. The first-order valence-corrected chi connectivity index (χ1v) is 5.94. The van der Waals surface area contributed by atoms with E-state index in [1.165, 1.54) is 12.1 Å². The second-order valence-corrected chi connectivity index (χ2v) is 3.99. The molecule has 2 rings (SSSR count). The molecule has 8 nitrogen and oxygen atoms in total. The molecule has 0 unspecified atom stereocenters. The largest absolute Gasteiger partial charge is 0.378 e. The summed E-state index contributed by atoms with van der Waals surface area (Å²) < 4.78 is 1.87. The van der Waals surface area contributed by atoms with Gasteiger partial charge in [-0.2, -0.15) is 5.26 Å². The van der Waals surface area contributed by atoms with Crippen LogP contribution in [0.4, 0.5) is 11.4 Å². The first kappa shape index (κ1) is 13.5. The monoisotopic (exact) mass is 272 g/mol. The molecule has 1 heterocycles. The maximum atomic E-state index is 10.9.